The molecule has 0 unspecified atom stereocenters. The Bertz CT molecular complexity index is 4790. The monoisotopic (exact) mass is 1320 g/mol. The zero-order chi connectivity index (χ0) is 68.4. The van der Waals surface area contributed by atoms with Crippen LogP contribution in [-0.2, 0) is 34.0 Å². The van der Waals surface area contributed by atoms with Gasteiger partial charge < -0.3 is 54.9 Å². The summed E-state index contributed by atoms with van der Waals surface area (Å²) in [6.45, 7) is 5.48. The maximum Gasteiger partial charge on any atom is 0.338 e. The van der Waals surface area contributed by atoms with E-state index in [1.165, 1.54) is 57.7 Å². The van der Waals surface area contributed by atoms with E-state index >= 15 is 0 Å². The van der Waals surface area contributed by atoms with Crippen LogP contribution < -0.4 is 14.2 Å². The molecule has 492 valence electrons. The number of fused-ring (bicyclic) bond motifs is 12. The first-order valence-corrected chi connectivity index (χ1v) is 30.6. The van der Waals surface area contributed by atoms with Crippen molar-refractivity contribution in [3.8, 4) is 51.4 Å². The van der Waals surface area contributed by atoms with E-state index in [2.05, 4.69) is 0 Å². The van der Waals surface area contributed by atoms with Gasteiger partial charge in [-0.15, -0.1) is 15.0 Å². The largest absolute Gasteiger partial charge is 0.482 e. The fourth-order valence-electron chi connectivity index (χ4n) is 9.88. The summed E-state index contributed by atoms with van der Waals surface area (Å²) >= 11 is 0. The molecule has 0 aliphatic carbocycles. The lowest BCUT2D eigenvalue weighted by molar-refractivity contribution is 0.0592. The Balaban J connectivity index is 1.25. The quantitative estimate of drug-likeness (QED) is 0.0680. The Kier molecular flexibility index (Phi) is 18.9. The third kappa shape index (κ3) is 15.4. The van der Waals surface area contributed by atoms with E-state index in [4.69, 9.17) is 99.8 Å². The maximum atomic E-state index is 14.0. The predicted molar refractivity (Wildman–Crippen MR) is 361 cm³/mol. The number of nitrogens with zero attached hydrogens (tertiary/aromatic N) is 9. The molecule has 0 amide bonds. The number of ether oxygens (including phenoxy) is 6. The molecule has 0 spiro atoms. The van der Waals surface area contributed by atoms with Gasteiger partial charge in [-0.25, -0.2) is 14.4 Å². The lowest BCUT2D eigenvalue weighted by Gasteiger charge is -2.10. The van der Waals surface area contributed by atoms with Crippen molar-refractivity contribution in [2.75, 3.05) is 21.3 Å². The molecule has 0 aliphatic rings. The van der Waals surface area contributed by atoms with Crippen LogP contribution in [0.15, 0.2) is 227 Å². The lowest BCUT2D eigenvalue weighted by atomic mass is 10.1. The van der Waals surface area contributed by atoms with Crippen molar-refractivity contribution < 1.29 is 69.3 Å². The van der Waals surface area contributed by atoms with Crippen LogP contribution in [0.5, 0.6) is 17.2 Å². The van der Waals surface area contributed by atoms with Crippen molar-refractivity contribution in [2.24, 2.45) is 0 Å². The van der Waals surface area contributed by atoms with Crippen molar-refractivity contribution in [3.63, 3.8) is 0 Å². The molecule has 0 atom stereocenters. The summed E-state index contributed by atoms with van der Waals surface area (Å²) in [5.41, 5.74) is 4.90. The summed E-state index contributed by atoms with van der Waals surface area (Å²) in [6, 6.07) is 57.6. The van der Waals surface area contributed by atoms with E-state index in [0.717, 1.165) is 16.7 Å². The summed E-state index contributed by atoms with van der Waals surface area (Å²) in [5, 5.41) is 0. The second kappa shape index (κ2) is 29.1. The van der Waals surface area contributed by atoms with Crippen molar-refractivity contribution in [2.45, 2.75) is 40.6 Å². The molecule has 0 N–H and O–H groups in total. The Morgan fingerprint density at radius 3 is 0.707 bits per heavy atom. The number of hydrogen-bond acceptors (Lipinski definition) is 24. The number of methoxy groups -OCH3 is 3. The van der Waals surface area contributed by atoms with Gasteiger partial charge in [0.2, 0.25) is 17.2 Å². The number of aromatic nitrogens is 9. The molecular formula is C75H57N9O15. The number of carbonyl (C=O) groups excluding carboxylic acids is 3. The third-order valence-electron chi connectivity index (χ3n) is 14.9. The van der Waals surface area contributed by atoms with Crippen LogP contribution in [0.25, 0.3) is 103 Å². The molecule has 0 saturated heterocycles. The summed E-state index contributed by atoms with van der Waals surface area (Å²) in [7, 11) is 3.61. The van der Waals surface area contributed by atoms with Crippen molar-refractivity contribution in [1.29, 1.82) is 0 Å². The third-order valence-corrected chi connectivity index (χ3v) is 14.9. The number of aryl methyl sites for hydroxylation is 3. The Hall–Kier alpha value is -13.4. The van der Waals surface area contributed by atoms with Crippen LogP contribution in [0.2, 0.25) is 0 Å². The maximum absolute atomic E-state index is 14.0. The van der Waals surface area contributed by atoms with Crippen molar-refractivity contribution >= 4 is 86.5 Å². The van der Waals surface area contributed by atoms with Gasteiger partial charge in [-0.2, -0.15) is 29.9 Å². The molecule has 9 aromatic carbocycles. The van der Waals surface area contributed by atoms with Crippen molar-refractivity contribution in [1.82, 2.24) is 44.9 Å². The lowest BCUT2D eigenvalue weighted by Crippen LogP contribution is -2.03. The van der Waals surface area contributed by atoms with Crippen LogP contribution in [0.4, 0.5) is 0 Å². The first kappa shape index (κ1) is 64.3. The average Bonchev–Trinajstić information content (AvgIpc) is 0.818. The SMILES string of the molecule is COC(=O)c1cc2oc3nc(-c4ccc(C)cc4)nc(n3)oc3cc(C(=O)OC)cc(oc4nc(-c5ccc(C)cc5)nc(n4)oc4cc(C(=O)OC)cc(oc5nc(-c6ccc(C)cc6)nc(n5)oc(c1)c2OCc1ccccc1)c4OCc1ccccc1)c3OCc1ccccc1. The molecule has 0 aliphatic heterocycles. The number of esters is 3. The van der Waals surface area contributed by atoms with Gasteiger partial charge in [0.05, 0.1) is 38.0 Å². The van der Waals surface area contributed by atoms with Crippen LogP contribution in [0.1, 0.15) is 64.5 Å². The molecular weight excluding hydrogens is 1270 g/mol. The zero-order valence-corrected chi connectivity index (χ0v) is 53.8. The van der Waals surface area contributed by atoms with Gasteiger partial charge in [0.15, 0.2) is 51.0 Å². The van der Waals surface area contributed by atoms with Gasteiger partial charge in [0.1, 0.15) is 19.8 Å². The molecule has 4 aromatic heterocycles. The molecule has 99 heavy (non-hydrogen) atoms. The fourth-order valence-corrected chi connectivity index (χ4v) is 9.88. The molecule has 24 nitrogen and oxygen atoms in total. The summed E-state index contributed by atoms with van der Waals surface area (Å²) in [5.74, 6) is -5.21. The summed E-state index contributed by atoms with van der Waals surface area (Å²) < 4.78 is 76.3. The molecule has 0 saturated carbocycles. The molecule has 13 aromatic rings. The number of rotatable bonds is 15. The first-order valence-electron chi connectivity index (χ1n) is 30.6. The van der Waals surface area contributed by atoms with Crippen LogP contribution in [0.3, 0.4) is 0 Å². The van der Waals surface area contributed by atoms with E-state index in [0.29, 0.717) is 33.4 Å². The Morgan fingerprint density at radius 1 is 0.293 bits per heavy atom. The molecule has 0 fully saturated rings. The highest BCUT2D eigenvalue weighted by atomic mass is 16.5. The summed E-state index contributed by atoms with van der Waals surface area (Å²) in [6.07, 6.45) is 0. The van der Waals surface area contributed by atoms with Gasteiger partial charge in [0, 0.05) is 16.7 Å². The number of hydrogen-bond donors (Lipinski definition) is 0. The topological polar surface area (TPSA) is 301 Å². The van der Waals surface area contributed by atoms with Gasteiger partial charge in [-0.1, -0.05) is 180 Å². The summed E-state index contributed by atoms with van der Waals surface area (Å²) in [4.78, 5) is 84.8. The fraction of sp³-hybridized carbons (Fsp3) is 0.120. The highest BCUT2D eigenvalue weighted by Crippen LogP contribution is 2.35. The van der Waals surface area contributed by atoms with Crippen LogP contribution >= 0.6 is 0 Å². The molecule has 0 radical (unpaired) electrons. The molecule has 12 bridgehead atoms. The minimum absolute atomic E-state index is 0.0380. The number of carbonyl (C=O) groups is 3. The van der Waals surface area contributed by atoms with Gasteiger partial charge in [-0.3, -0.25) is 0 Å². The van der Waals surface area contributed by atoms with E-state index in [9.17, 15) is 14.4 Å². The van der Waals surface area contributed by atoms with E-state index in [-0.39, 0.29) is 105 Å². The Morgan fingerprint density at radius 2 is 0.505 bits per heavy atom. The highest BCUT2D eigenvalue weighted by molar-refractivity contribution is 5.96. The van der Waals surface area contributed by atoms with E-state index in [1.54, 1.807) is 36.4 Å². The standard InChI is InChI=1S/C75H57N9O15/c1-43-22-28-49(29-23-43)64-76-70-82-71(77-64)95-56-35-53(68(86)89-5)37-58(62(56)92-41-47-18-12-8-13-19-47)97-73-79-66(51-32-26-45(3)27-33-51)81-75(84-73)99-60-39-54(69(87)90-6)38-59(63(60)93-42-48-20-14-9-15-21-48)98-74-80-65(50-30-24-44(2)25-31-50)78-72(83-74)96-57-36-52(67(85)88-4)34-55(94-70)61(57)91-40-46-16-10-7-11-17-46/h7-39H,40-42H2,1-6H3. The Labute approximate surface area is 561 Å². The zero-order valence-electron chi connectivity index (χ0n) is 53.8. The van der Waals surface area contributed by atoms with E-state index in [1.807, 2.05) is 148 Å². The highest BCUT2D eigenvalue weighted by Gasteiger charge is 2.22. The van der Waals surface area contributed by atoms with Crippen LogP contribution in [-0.4, -0.2) is 84.1 Å². The first-order chi connectivity index (χ1) is 48.3. The average molecular weight is 1320 g/mol. The minimum atomic E-state index is -0.830. The van der Waals surface area contributed by atoms with Crippen molar-refractivity contribution in [3.05, 3.63) is 250 Å². The molecule has 24 heteroatoms. The molecule has 4 heterocycles. The van der Waals surface area contributed by atoms with Gasteiger partial charge >= 0.3 is 53.0 Å². The van der Waals surface area contributed by atoms with E-state index < -0.39 is 53.0 Å². The second-order valence-electron chi connectivity index (χ2n) is 22.1. The smallest absolute Gasteiger partial charge is 0.338 e. The van der Waals surface area contributed by atoms with Gasteiger partial charge in [0.25, 0.3) is 0 Å². The number of benzene rings is 9. The predicted octanol–water partition coefficient (Wildman–Crippen LogP) is 15.8. The van der Waals surface area contributed by atoms with Gasteiger partial charge in [-0.05, 0) is 73.9 Å². The minimum Gasteiger partial charge on any atom is -0.482 e. The van der Waals surface area contributed by atoms with Crippen LogP contribution in [0, 0.1) is 20.8 Å². The normalized spacial score (nSPS) is 11.0. The second-order valence-corrected chi connectivity index (χ2v) is 22.1. The molecule has 13 rings (SSSR count).